The summed E-state index contributed by atoms with van der Waals surface area (Å²) in [6, 6.07) is 0. The molecule has 0 radical (unpaired) electrons. The van der Waals surface area contributed by atoms with Gasteiger partial charge in [-0.15, -0.1) is 0 Å². The van der Waals surface area contributed by atoms with Crippen molar-refractivity contribution in [2.45, 2.75) is 0 Å². The molecule has 0 bridgehead atoms. The molecule has 0 aromatic rings. The van der Waals surface area contributed by atoms with Gasteiger partial charge in [-0.25, -0.2) is 0 Å². The van der Waals surface area contributed by atoms with Crippen LogP contribution in [0.4, 0.5) is 0 Å². The van der Waals surface area contributed by atoms with E-state index in [0.29, 0.717) is 0 Å². The maximum Gasteiger partial charge on any atom is 0.268 e. The predicted octanol–water partition coefficient (Wildman–Crippen LogP) is -2.00. The number of hydrogen-bond donors (Lipinski definition) is 4. The third-order valence-electron chi connectivity index (χ3n) is 0.728. The smallest absolute Gasteiger partial charge is 0.268 e. The van der Waals surface area contributed by atoms with E-state index in [1.165, 1.54) is 13.2 Å². The average Bonchev–Trinajstić information content (AvgIpc) is 1.87. The van der Waals surface area contributed by atoms with Crippen LogP contribution in [-0.2, 0) is 4.79 Å². The summed E-state index contributed by atoms with van der Waals surface area (Å²) >= 11 is 0. The molecule has 0 aliphatic carbocycles. The molecular weight excluding hydrogens is 120 g/mol. The first-order chi connectivity index (χ1) is 4.22. The molecular formula is C4H10N4O. The normalized spacial score (nSPS) is 10.7. The van der Waals surface area contributed by atoms with Crippen LogP contribution in [-0.4, -0.2) is 13.0 Å². The number of carbonyl (C=O) groups excluding carboxylic acids is 1. The Labute approximate surface area is 53.1 Å². The Morgan fingerprint density at radius 3 is 2.56 bits per heavy atom. The number of hydrazine groups is 1. The van der Waals surface area contributed by atoms with Gasteiger partial charge in [0.2, 0.25) is 0 Å². The van der Waals surface area contributed by atoms with Crippen molar-refractivity contribution in [1.82, 2.24) is 10.7 Å². The largest absolute Gasteiger partial charge is 0.393 e. The van der Waals surface area contributed by atoms with Gasteiger partial charge in [-0.1, -0.05) is 0 Å². The zero-order valence-corrected chi connectivity index (χ0v) is 5.14. The molecule has 1 amide bonds. The van der Waals surface area contributed by atoms with Gasteiger partial charge in [0.1, 0.15) is 5.70 Å². The highest BCUT2D eigenvalue weighted by molar-refractivity contribution is 5.91. The van der Waals surface area contributed by atoms with Crippen LogP contribution in [0.2, 0.25) is 0 Å². The van der Waals surface area contributed by atoms with E-state index in [0.717, 1.165) is 0 Å². The van der Waals surface area contributed by atoms with Crippen molar-refractivity contribution in [3.05, 3.63) is 11.9 Å². The Kier molecular flexibility index (Phi) is 3.22. The first-order valence-corrected chi connectivity index (χ1v) is 2.36. The SMILES string of the molecule is CNC(=O)/C(N)=C/NN. The van der Waals surface area contributed by atoms with Gasteiger partial charge in [0.25, 0.3) is 5.91 Å². The molecule has 0 unspecified atom stereocenters. The third-order valence-corrected chi connectivity index (χ3v) is 0.728. The quantitative estimate of drug-likeness (QED) is 0.197. The minimum Gasteiger partial charge on any atom is -0.393 e. The van der Waals surface area contributed by atoms with Crippen LogP contribution in [0.25, 0.3) is 0 Å². The highest BCUT2D eigenvalue weighted by Crippen LogP contribution is 1.76. The summed E-state index contributed by atoms with van der Waals surface area (Å²) in [5.41, 5.74) is 7.34. The number of likely N-dealkylation sites (N-methyl/N-ethyl adjacent to an activating group) is 1. The van der Waals surface area contributed by atoms with E-state index in [9.17, 15) is 4.79 Å². The zero-order chi connectivity index (χ0) is 7.28. The summed E-state index contributed by atoms with van der Waals surface area (Å²) in [4.78, 5) is 10.5. The predicted molar refractivity (Wildman–Crippen MR) is 33.7 cm³/mol. The fourth-order valence-corrected chi connectivity index (χ4v) is 0.300. The van der Waals surface area contributed by atoms with Gasteiger partial charge < -0.3 is 16.5 Å². The Balaban J connectivity index is 3.86. The van der Waals surface area contributed by atoms with Gasteiger partial charge in [-0.2, -0.15) is 0 Å². The molecule has 0 fully saturated rings. The molecule has 0 saturated carbocycles. The molecule has 0 aliphatic rings. The molecule has 0 aromatic heterocycles. The van der Waals surface area contributed by atoms with Crippen molar-refractivity contribution >= 4 is 5.91 Å². The van der Waals surface area contributed by atoms with Crippen LogP contribution in [0.1, 0.15) is 0 Å². The summed E-state index contributed by atoms with van der Waals surface area (Å²) in [5.74, 6) is 4.48. The Bertz CT molecular complexity index is 131. The molecule has 0 aromatic carbocycles. The summed E-state index contributed by atoms with van der Waals surface area (Å²) in [7, 11) is 1.49. The van der Waals surface area contributed by atoms with Gasteiger partial charge in [0.05, 0.1) is 0 Å². The van der Waals surface area contributed by atoms with E-state index >= 15 is 0 Å². The molecule has 0 rings (SSSR count). The number of nitrogens with one attached hydrogen (secondary N) is 2. The third kappa shape index (κ3) is 2.55. The van der Waals surface area contributed by atoms with Crippen molar-refractivity contribution in [2.24, 2.45) is 11.6 Å². The van der Waals surface area contributed by atoms with Gasteiger partial charge in [-0.3, -0.25) is 10.6 Å². The lowest BCUT2D eigenvalue weighted by molar-refractivity contribution is -0.117. The van der Waals surface area contributed by atoms with Gasteiger partial charge in [0, 0.05) is 13.2 Å². The maximum atomic E-state index is 10.5. The molecule has 5 nitrogen and oxygen atoms in total. The first kappa shape index (κ1) is 7.77. The van der Waals surface area contributed by atoms with Crippen molar-refractivity contribution in [3.63, 3.8) is 0 Å². The van der Waals surface area contributed by atoms with Crippen LogP contribution >= 0.6 is 0 Å². The maximum absolute atomic E-state index is 10.5. The van der Waals surface area contributed by atoms with E-state index < -0.39 is 0 Å². The topological polar surface area (TPSA) is 93.2 Å². The van der Waals surface area contributed by atoms with Crippen LogP contribution in [0.3, 0.4) is 0 Å². The van der Waals surface area contributed by atoms with Crippen LogP contribution < -0.4 is 22.3 Å². The number of hydrogen-bond acceptors (Lipinski definition) is 4. The minimum atomic E-state index is -0.354. The standard InChI is InChI=1S/C4H10N4O/c1-7-4(9)3(5)2-8-6/h2,8H,5-6H2,1H3,(H,7,9)/b3-2-. The molecule has 0 heterocycles. The molecule has 0 spiro atoms. The monoisotopic (exact) mass is 130 g/mol. The lowest BCUT2D eigenvalue weighted by Crippen LogP contribution is -2.27. The summed E-state index contributed by atoms with van der Waals surface area (Å²) < 4.78 is 0. The fraction of sp³-hybridized carbons (Fsp3) is 0.250. The van der Waals surface area contributed by atoms with Gasteiger partial charge >= 0.3 is 0 Å². The van der Waals surface area contributed by atoms with Gasteiger partial charge in [0.15, 0.2) is 0 Å². The van der Waals surface area contributed by atoms with Crippen molar-refractivity contribution in [2.75, 3.05) is 7.05 Å². The molecule has 9 heavy (non-hydrogen) atoms. The molecule has 52 valence electrons. The molecule has 6 N–H and O–H groups in total. The summed E-state index contributed by atoms with van der Waals surface area (Å²) in [6.45, 7) is 0. The second-order valence-electron chi connectivity index (χ2n) is 1.35. The Morgan fingerprint density at radius 2 is 2.22 bits per heavy atom. The first-order valence-electron chi connectivity index (χ1n) is 2.36. The fourth-order valence-electron chi connectivity index (χ4n) is 0.300. The molecule has 5 heteroatoms. The molecule has 0 saturated heterocycles. The Hall–Kier alpha value is -1.23. The van der Waals surface area contributed by atoms with Crippen LogP contribution in [0.5, 0.6) is 0 Å². The highest BCUT2D eigenvalue weighted by atomic mass is 16.1. The van der Waals surface area contributed by atoms with E-state index in [-0.39, 0.29) is 11.6 Å². The number of nitrogens with two attached hydrogens (primary N) is 2. The number of carbonyl (C=O) groups is 1. The zero-order valence-electron chi connectivity index (χ0n) is 5.14. The lowest BCUT2D eigenvalue weighted by Gasteiger charge is -1.96. The lowest BCUT2D eigenvalue weighted by atomic mass is 10.4. The summed E-state index contributed by atoms with van der Waals surface area (Å²) in [6.07, 6.45) is 1.21. The van der Waals surface area contributed by atoms with Crippen molar-refractivity contribution in [3.8, 4) is 0 Å². The van der Waals surface area contributed by atoms with Crippen molar-refractivity contribution in [1.29, 1.82) is 0 Å². The molecule has 0 atom stereocenters. The number of amides is 1. The highest BCUT2D eigenvalue weighted by Gasteiger charge is 1.98. The van der Waals surface area contributed by atoms with E-state index in [1.807, 2.05) is 0 Å². The van der Waals surface area contributed by atoms with Crippen molar-refractivity contribution < 1.29 is 4.79 Å². The van der Waals surface area contributed by atoms with Crippen LogP contribution in [0.15, 0.2) is 11.9 Å². The van der Waals surface area contributed by atoms with Crippen LogP contribution in [0, 0.1) is 0 Å². The Morgan fingerprint density at radius 1 is 1.67 bits per heavy atom. The second-order valence-corrected chi connectivity index (χ2v) is 1.35. The summed E-state index contributed by atoms with van der Waals surface area (Å²) in [5, 5.41) is 2.32. The molecule has 0 aliphatic heterocycles. The minimum absolute atomic E-state index is 0.0556. The van der Waals surface area contributed by atoms with E-state index in [2.05, 4.69) is 10.7 Å². The number of rotatable bonds is 2. The average molecular weight is 130 g/mol. The van der Waals surface area contributed by atoms with E-state index in [1.54, 1.807) is 0 Å². The van der Waals surface area contributed by atoms with Gasteiger partial charge in [-0.05, 0) is 0 Å². The second kappa shape index (κ2) is 3.73. The van der Waals surface area contributed by atoms with E-state index in [4.69, 9.17) is 11.6 Å².